The fourth-order valence-electron chi connectivity index (χ4n) is 1.70. The lowest BCUT2D eigenvalue weighted by atomic mass is 10.1. The summed E-state index contributed by atoms with van der Waals surface area (Å²) in [4.78, 5) is 4.91. The van der Waals surface area contributed by atoms with Gasteiger partial charge in [-0.3, -0.25) is 4.98 Å². The third-order valence-electron chi connectivity index (χ3n) is 2.72. The molecule has 0 aliphatic heterocycles. The Balaban J connectivity index is 1.93. The molecule has 0 saturated carbocycles. The highest BCUT2D eigenvalue weighted by Gasteiger charge is 2.30. The first kappa shape index (κ1) is 15.0. The fourth-order valence-corrected chi connectivity index (χ4v) is 2.27. The molecule has 1 aromatic carbocycles. The van der Waals surface area contributed by atoms with Crippen LogP contribution >= 0.6 is 11.3 Å². The number of aliphatic hydroxyl groups excluding tert-OH is 1. The predicted molar refractivity (Wildman–Crippen MR) is 70.2 cm³/mol. The van der Waals surface area contributed by atoms with Gasteiger partial charge in [0.1, 0.15) is 0 Å². The topological polar surface area (TPSA) is 45.1 Å². The molecule has 1 atom stereocenters. The maximum absolute atomic E-state index is 12.6. The highest BCUT2D eigenvalue weighted by Crippen LogP contribution is 2.30. The third kappa shape index (κ3) is 4.03. The minimum Gasteiger partial charge on any atom is -0.387 e. The van der Waals surface area contributed by atoms with E-state index < -0.39 is 17.8 Å². The second-order valence-corrected chi connectivity index (χ2v) is 5.21. The van der Waals surface area contributed by atoms with Gasteiger partial charge in [0.25, 0.3) is 0 Å². The summed E-state index contributed by atoms with van der Waals surface area (Å²) in [5.41, 5.74) is 1.19. The average Bonchev–Trinajstić information content (AvgIpc) is 2.91. The Kier molecular flexibility index (Phi) is 4.74. The zero-order chi connectivity index (χ0) is 14.6. The van der Waals surface area contributed by atoms with Crippen molar-refractivity contribution >= 4 is 11.3 Å². The molecule has 2 N–H and O–H groups in total. The first-order valence-electron chi connectivity index (χ1n) is 5.90. The molecule has 0 amide bonds. The molecule has 1 unspecified atom stereocenters. The largest absolute Gasteiger partial charge is 0.416 e. The predicted octanol–water partition coefficient (Wildman–Crippen LogP) is 2.99. The van der Waals surface area contributed by atoms with Gasteiger partial charge in [0.2, 0.25) is 0 Å². The van der Waals surface area contributed by atoms with E-state index in [1.165, 1.54) is 23.5 Å². The zero-order valence-electron chi connectivity index (χ0n) is 10.4. The molecule has 0 aliphatic carbocycles. The summed E-state index contributed by atoms with van der Waals surface area (Å²) in [5, 5.41) is 12.9. The molecule has 1 aromatic heterocycles. The average molecular weight is 302 g/mol. The number of aromatic nitrogens is 1. The number of rotatable bonds is 5. The molecule has 0 spiro atoms. The molecule has 1 heterocycles. The van der Waals surface area contributed by atoms with Crippen LogP contribution in [0.25, 0.3) is 0 Å². The normalized spacial score (nSPS) is 13.4. The van der Waals surface area contributed by atoms with Crippen LogP contribution in [0.5, 0.6) is 0 Å². The van der Waals surface area contributed by atoms with Crippen LogP contribution in [0, 0.1) is 0 Å². The van der Waals surface area contributed by atoms with Gasteiger partial charge in [-0.2, -0.15) is 13.2 Å². The molecular weight excluding hydrogens is 289 g/mol. The smallest absolute Gasteiger partial charge is 0.387 e. The number of benzene rings is 1. The van der Waals surface area contributed by atoms with Gasteiger partial charge in [0.15, 0.2) is 0 Å². The van der Waals surface area contributed by atoms with Crippen LogP contribution in [0.1, 0.15) is 22.1 Å². The minimum atomic E-state index is -4.40. The summed E-state index contributed by atoms with van der Waals surface area (Å²) in [7, 11) is 0. The van der Waals surface area contributed by atoms with Gasteiger partial charge >= 0.3 is 6.18 Å². The molecule has 0 saturated heterocycles. The lowest BCUT2D eigenvalue weighted by molar-refractivity contribution is -0.137. The highest BCUT2D eigenvalue weighted by atomic mass is 32.1. The molecule has 2 rings (SSSR count). The van der Waals surface area contributed by atoms with Crippen LogP contribution in [-0.4, -0.2) is 16.6 Å². The van der Waals surface area contributed by atoms with E-state index in [1.807, 2.05) is 0 Å². The first-order valence-corrected chi connectivity index (χ1v) is 6.78. The van der Waals surface area contributed by atoms with Crippen molar-refractivity contribution < 1.29 is 18.3 Å². The summed E-state index contributed by atoms with van der Waals surface area (Å²) in [6, 6.07) is 4.73. The van der Waals surface area contributed by atoms with Crippen molar-refractivity contribution in [1.82, 2.24) is 10.3 Å². The van der Waals surface area contributed by atoms with Crippen molar-refractivity contribution in [3.63, 3.8) is 0 Å². The van der Waals surface area contributed by atoms with E-state index in [1.54, 1.807) is 11.7 Å². The number of hydrogen-bond donors (Lipinski definition) is 2. The summed E-state index contributed by atoms with van der Waals surface area (Å²) >= 11 is 1.47. The van der Waals surface area contributed by atoms with E-state index in [-0.39, 0.29) is 12.1 Å². The third-order valence-corrected chi connectivity index (χ3v) is 3.50. The monoisotopic (exact) mass is 302 g/mol. The van der Waals surface area contributed by atoms with Crippen LogP contribution in [0.2, 0.25) is 0 Å². The summed E-state index contributed by atoms with van der Waals surface area (Å²) < 4.78 is 37.7. The second kappa shape index (κ2) is 6.34. The Morgan fingerprint density at radius 3 is 2.80 bits per heavy atom. The van der Waals surface area contributed by atoms with Crippen molar-refractivity contribution in [3.8, 4) is 0 Å². The Bertz CT molecular complexity index is 543. The molecule has 0 aliphatic rings. The van der Waals surface area contributed by atoms with Gasteiger partial charge in [0, 0.05) is 24.2 Å². The molecule has 7 heteroatoms. The standard InChI is InChI=1S/C13H13F3N2OS/c14-13(15,16)10-3-1-2-9(4-10)12(19)7-17-5-11-6-18-8-20-11/h1-4,6,8,12,17,19H,5,7H2. The molecule has 108 valence electrons. The zero-order valence-corrected chi connectivity index (χ0v) is 11.2. The van der Waals surface area contributed by atoms with Crippen LogP contribution < -0.4 is 5.32 Å². The van der Waals surface area contributed by atoms with Gasteiger partial charge in [-0.25, -0.2) is 0 Å². The van der Waals surface area contributed by atoms with E-state index in [2.05, 4.69) is 10.3 Å². The Morgan fingerprint density at radius 2 is 2.15 bits per heavy atom. The lowest BCUT2D eigenvalue weighted by Crippen LogP contribution is -2.21. The Morgan fingerprint density at radius 1 is 1.35 bits per heavy atom. The van der Waals surface area contributed by atoms with Crippen molar-refractivity contribution in [2.45, 2.75) is 18.8 Å². The molecule has 0 radical (unpaired) electrons. The Labute approximate surface area is 118 Å². The number of aliphatic hydroxyl groups is 1. The number of hydrogen-bond acceptors (Lipinski definition) is 4. The van der Waals surface area contributed by atoms with Gasteiger partial charge in [-0.1, -0.05) is 12.1 Å². The number of alkyl halides is 3. The van der Waals surface area contributed by atoms with E-state index in [9.17, 15) is 18.3 Å². The highest BCUT2D eigenvalue weighted by molar-refractivity contribution is 7.09. The number of halogens is 3. The van der Waals surface area contributed by atoms with Crippen molar-refractivity contribution in [2.24, 2.45) is 0 Å². The summed E-state index contributed by atoms with van der Waals surface area (Å²) in [6.45, 7) is 0.708. The van der Waals surface area contributed by atoms with Crippen molar-refractivity contribution in [2.75, 3.05) is 6.54 Å². The van der Waals surface area contributed by atoms with Crippen molar-refractivity contribution in [1.29, 1.82) is 0 Å². The first-order chi connectivity index (χ1) is 9.47. The van der Waals surface area contributed by atoms with Crippen LogP contribution in [0.4, 0.5) is 13.2 Å². The van der Waals surface area contributed by atoms with Crippen LogP contribution in [0.15, 0.2) is 36.0 Å². The van der Waals surface area contributed by atoms with E-state index in [4.69, 9.17) is 0 Å². The maximum Gasteiger partial charge on any atom is 0.416 e. The van der Waals surface area contributed by atoms with Gasteiger partial charge in [-0.15, -0.1) is 11.3 Å². The summed E-state index contributed by atoms with van der Waals surface area (Å²) in [6.07, 6.45) is -3.68. The lowest BCUT2D eigenvalue weighted by Gasteiger charge is -2.14. The molecular formula is C13H13F3N2OS. The number of nitrogens with one attached hydrogen (secondary N) is 1. The maximum atomic E-state index is 12.6. The van der Waals surface area contributed by atoms with Gasteiger partial charge < -0.3 is 10.4 Å². The molecule has 2 aromatic rings. The van der Waals surface area contributed by atoms with E-state index >= 15 is 0 Å². The fraction of sp³-hybridized carbons (Fsp3) is 0.308. The van der Waals surface area contributed by atoms with Crippen molar-refractivity contribution in [3.05, 3.63) is 52.0 Å². The van der Waals surface area contributed by atoms with Gasteiger partial charge in [0.05, 0.1) is 17.2 Å². The Hall–Kier alpha value is -1.44. The van der Waals surface area contributed by atoms with E-state index in [0.29, 0.717) is 6.54 Å². The summed E-state index contributed by atoms with van der Waals surface area (Å²) in [5.74, 6) is 0. The quantitative estimate of drug-likeness (QED) is 0.892. The number of nitrogens with zero attached hydrogens (tertiary/aromatic N) is 1. The second-order valence-electron chi connectivity index (χ2n) is 4.24. The molecule has 0 bridgehead atoms. The SMILES string of the molecule is OC(CNCc1cncs1)c1cccc(C(F)(F)F)c1. The molecule has 3 nitrogen and oxygen atoms in total. The van der Waals surface area contributed by atoms with E-state index in [0.717, 1.165) is 17.0 Å². The minimum absolute atomic E-state index is 0.180. The van der Waals surface area contributed by atoms with Crippen LogP contribution in [-0.2, 0) is 12.7 Å². The number of thiazole rings is 1. The molecule has 20 heavy (non-hydrogen) atoms. The van der Waals surface area contributed by atoms with Crippen LogP contribution in [0.3, 0.4) is 0 Å². The van der Waals surface area contributed by atoms with Gasteiger partial charge in [-0.05, 0) is 17.7 Å². The molecule has 0 fully saturated rings.